The second-order valence-electron chi connectivity index (χ2n) is 3.78. The molecule has 5 nitrogen and oxygen atoms in total. The summed E-state index contributed by atoms with van der Waals surface area (Å²) in [5, 5.41) is 14.6. The molecule has 0 aliphatic carbocycles. The standard InChI is InChI=1S/C12H19NO4S/c1-16-12(15)4-5-13-7-10(14)8-17-9-11-3-2-6-18-11/h2-3,6,10,13-14H,4-5,7-9H2,1H3. The minimum absolute atomic E-state index is 0.258. The van der Waals surface area contributed by atoms with Crippen molar-refractivity contribution < 1.29 is 19.4 Å². The molecule has 0 saturated carbocycles. The van der Waals surface area contributed by atoms with Gasteiger partial charge in [-0.1, -0.05) is 6.07 Å². The van der Waals surface area contributed by atoms with Crippen molar-refractivity contribution >= 4 is 17.3 Å². The number of carbonyl (C=O) groups is 1. The molecule has 0 saturated heterocycles. The number of rotatable bonds is 9. The third-order valence-corrected chi connectivity index (χ3v) is 3.10. The van der Waals surface area contributed by atoms with Crippen molar-refractivity contribution in [1.82, 2.24) is 5.32 Å². The molecular weight excluding hydrogens is 254 g/mol. The summed E-state index contributed by atoms with van der Waals surface area (Å²) in [6, 6.07) is 3.96. The van der Waals surface area contributed by atoms with Crippen molar-refractivity contribution in [2.24, 2.45) is 0 Å². The molecule has 1 rings (SSSR count). The molecule has 0 bridgehead atoms. The summed E-state index contributed by atoms with van der Waals surface area (Å²) in [6.07, 6.45) is -0.262. The highest BCUT2D eigenvalue weighted by Crippen LogP contribution is 2.09. The summed E-state index contributed by atoms with van der Waals surface area (Å²) >= 11 is 1.63. The molecule has 1 aromatic heterocycles. The molecule has 102 valence electrons. The summed E-state index contributed by atoms with van der Waals surface area (Å²) in [7, 11) is 1.36. The first kappa shape index (κ1) is 15.1. The van der Waals surface area contributed by atoms with E-state index in [2.05, 4.69) is 10.1 Å². The molecule has 1 aromatic rings. The zero-order valence-corrected chi connectivity index (χ0v) is 11.2. The average molecular weight is 273 g/mol. The van der Waals surface area contributed by atoms with Crippen LogP contribution < -0.4 is 5.32 Å². The quantitative estimate of drug-likeness (QED) is 0.514. The van der Waals surface area contributed by atoms with Crippen molar-refractivity contribution in [1.29, 1.82) is 0 Å². The smallest absolute Gasteiger partial charge is 0.306 e. The zero-order valence-electron chi connectivity index (χ0n) is 10.4. The Hall–Kier alpha value is -0.950. The molecule has 1 unspecified atom stereocenters. The lowest BCUT2D eigenvalue weighted by Crippen LogP contribution is -2.31. The Labute approximate surface area is 111 Å². The van der Waals surface area contributed by atoms with Gasteiger partial charge in [-0.3, -0.25) is 4.79 Å². The van der Waals surface area contributed by atoms with Crippen LogP contribution in [0.25, 0.3) is 0 Å². The van der Waals surface area contributed by atoms with Gasteiger partial charge in [-0.25, -0.2) is 0 Å². The second-order valence-corrected chi connectivity index (χ2v) is 4.81. The van der Waals surface area contributed by atoms with Crippen molar-refractivity contribution in [2.45, 2.75) is 19.1 Å². The van der Waals surface area contributed by atoms with E-state index in [1.165, 1.54) is 7.11 Å². The highest BCUT2D eigenvalue weighted by Gasteiger charge is 2.05. The van der Waals surface area contributed by atoms with Crippen LogP contribution in [0.3, 0.4) is 0 Å². The number of hydrogen-bond acceptors (Lipinski definition) is 6. The molecule has 1 heterocycles. The molecule has 0 aliphatic rings. The largest absolute Gasteiger partial charge is 0.469 e. The van der Waals surface area contributed by atoms with E-state index in [1.807, 2.05) is 17.5 Å². The maximum Gasteiger partial charge on any atom is 0.306 e. The summed E-state index contributed by atoms with van der Waals surface area (Å²) < 4.78 is 9.87. The number of methoxy groups -OCH3 is 1. The van der Waals surface area contributed by atoms with E-state index in [0.717, 1.165) is 4.88 Å². The number of esters is 1. The number of thiophene rings is 1. The van der Waals surface area contributed by atoms with E-state index in [4.69, 9.17) is 4.74 Å². The fraction of sp³-hybridized carbons (Fsp3) is 0.583. The van der Waals surface area contributed by atoms with Crippen LogP contribution in [-0.4, -0.2) is 44.0 Å². The van der Waals surface area contributed by atoms with Gasteiger partial charge in [0.15, 0.2) is 0 Å². The van der Waals surface area contributed by atoms with Crippen molar-refractivity contribution in [3.63, 3.8) is 0 Å². The number of aliphatic hydroxyl groups is 1. The molecular formula is C12H19NO4S. The van der Waals surface area contributed by atoms with Gasteiger partial charge in [0.1, 0.15) is 0 Å². The lowest BCUT2D eigenvalue weighted by molar-refractivity contribution is -0.140. The van der Waals surface area contributed by atoms with E-state index in [0.29, 0.717) is 26.1 Å². The van der Waals surface area contributed by atoms with Crippen LogP contribution in [0.1, 0.15) is 11.3 Å². The van der Waals surface area contributed by atoms with Crippen molar-refractivity contribution in [3.8, 4) is 0 Å². The molecule has 18 heavy (non-hydrogen) atoms. The van der Waals surface area contributed by atoms with Gasteiger partial charge >= 0.3 is 5.97 Å². The number of aliphatic hydroxyl groups excluding tert-OH is 1. The Bertz CT molecular complexity index is 329. The molecule has 1 atom stereocenters. The maximum absolute atomic E-state index is 10.8. The molecule has 0 radical (unpaired) electrons. The molecule has 6 heteroatoms. The average Bonchev–Trinajstić information content (AvgIpc) is 2.87. The van der Waals surface area contributed by atoms with Gasteiger partial charge in [-0.2, -0.15) is 0 Å². The SMILES string of the molecule is COC(=O)CCNCC(O)COCc1cccs1. The highest BCUT2D eigenvalue weighted by atomic mass is 32.1. The molecule has 0 aromatic carbocycles. The van der Waals surface area contributed by atoms with Crippen LogP contribution in [0.4, 0.5) is 0 Å². The third kappa shape index (κ3) is 6.70. The topological polar surface area (TPSA) is 67.8 Å². The van der Waals surface area contributed by atoms with Crippen molar-refractivity contribution in [3.05, 3.63) is 22.4 Å². The van der Waals surface area contributed by atoms with Crippen LogP contribution in [0.5, 0.6) is 0 Å². The summed E-state index contributed by atoms with van der Waals surface area (Å²) in [5.74, 6) is -0.258. The first-order chi connectivity index (χ1) is 8.72. The van der Waals surface area contributed by atoms with Crippen LogP contribution in [0.2, 0.25) is 0 Å². The molecule has 0 aliphatic heterocycles. The fourth-order valence-electron chi connectivity index (χ4n) is 1.31. The zero-order chi connectivity index (χ0) is 13.2. The molecule has 2 N–H and O–H groups in total. The monoisotopic (exact) mass is 273 g/mol. The van der Waals surface area contributed by atoms with Gasteiger partial charge in [0.25, 0.3) is 0 Å². The normalized spacial score (nSPS) is 12.3. The van der Waals surface area contributed by atoms with Crippen LogP contribution >= 0.6 is 11.3 Å². The van der Waals surface area contributed by atoms with E-state index in [-0.39, 0.29) is 12.6 Å². The Morgan fingerprint density at radius 2 is 2.44 bits per heavy atom. The van der Waals surface area contributed by atoms with Gasteiger partial charge in [0.2, 0.25) is 0 Å². The summed E-state index contributed by atoms with van der Waals surface area (Å²) in [6.45, 7) is 1.70. The van der Waals surface area contributed by atoms with Gasteiger partial charge in [0, 0.05) is 18.0 Å². The maximum atomic E-state index is 10.8. The van der Waals surface area contributed by atoms with Crippen LogP contribution in [-0.2, 0) is 20.9 Å². The number of hydrogen-bond donors (Lipinski definition) is 2. The minimum atomic E-state index is -0.567. The number of ether oxygens (including phenoxy) is 2. The number of nitrogens with one attached hydrogen (secondary N) is 1. The van der Waals surface area contributed by atoms with E-state index >= 15 is 0 Å². The predicted octanol–water partition coefficient (Wildman–Crippen LogP) is 0.778. The third-order valence-electron chi connectivity index (χ3n) is 2.25. The molecule has 0 fully saturated rings. The Balaban J connectivity index is 1.97. The molecule has 0 amide bonds. The summed E-state index contributed by atoms with van der Waals surface area (Å²) in [5.41, 5.74) is 0. The Morgan fingerprint density at radius 3 is 3.11 bits per heavy atom. The first-order valence-corrected chi connectivity index (χ1v) is 6.66. The Kier molecular flexibility index (Phi) is 7.59. The predicted molar refractivity (Wildman–Crippen MR) is 69.5 cm³/mol. The van der Waals surface area contributed by atoms with E-state index in [1.54, 1.807) is 11.3 Å². The van der Waals surface area contributed by atoms with E-state index in [9.17, 15) is 9.90 Å². The van der Waals surface area contributed by atoms with Gasteiger partial charge < -0.3 is 19.9 Å². The molecule has 0 spiro atoms. The van der Waals surface area contributed by atoms with Gasteiger partial charge in [-0.05, 0) is 11.4 Å². The van der Waals surface area contributed by atoms with Crippen molar-refractivity contribution in [2.75, 3.05) is 26.8 Å². The van der Waals surface area contributed by atoms with Crippen LogP contribution in [0.15, 0.2) is 17.5 Å². The lowest BCUT2D eigenvalue weighted by atomic mass is 10.3. The van der Waals surface area contributed by atoms with E-state index < -0.39 is 6.10 Å². The number of carbonyl (C=O) groups excluding carboxylic acids is 1. The summed E-state index contributed by atoms with van der Waals surface area (Å²) in [4.78, 5) is 12.0. The second kappa shape index (κ2) is 9.04. The minimum Gasteiger partial charge on any atom is -0.469 e. The van der Waals surface area contributed by atoms with Crippen LogP contribution in [0, 0.1) is 0 Å². The van der Waals surface area contributed by atoms with Gasteiger partial charge in [-0.15, -0.1) is 11.3 Å². The first-order valence-electron chi connectivity index (χ1n) is 5.78. The Morgan fingerprint density at radius 1 is 1.61 bits per heavy atom. The van der Waals surface area contributed by atoms with Gasteiger partial charge in [0.05, 0.1) is 32.8 Å². The highest BCUT2D eigenvalue weighted by molar-refractivity contribution is 7.09. The lowest BCUT2D eigenvalue weighted by Gasteiger charge is -2.11. The fourth-order valence-corrected chi connectivity index (χ4v) is 1.95.